The highest BCUT2D eigenvalue weighted by atomic mass is 19.3. The van der Waals surface area contributed by atoms with Gasteiger partial charge in [0.2, 0.25) is 17.6 Å². The Bertz CT molecular complexity index is 1450. The van der Waals surface area contributed by atoms with E-state index >= 15 is 4.39 Å². The van der Waals surface area contributed by atoms with Gasteiger partial charge in [-0.25, -0.2) is 32.0 Å². The Morgan fingerprint density at radius 1 is 1.12 bits per heavy atom. The first-order valence-electron chi connectivity index (χ1n) is 11.2. The van der Waals surface area contributed by atoms with Crippen molar-refractivity contribution < 1.29 is 17.6 Å². The van der Waals surface area contributed by atoms with Crippen molar-refractivity contribution in [3.05, 3.63) is 46.7 Å². The van der Waals surface area contributed by atoms with Crippen LogP contribution in [0, 0.1) is 11.7 Å². The van der Waals surface area contributed by atoms with Crippen LogP contribution >= 0.6 is 0 Å². The van der Waals surface area contributed by atoms with E-state index in [1.165, 1.54) is 23.0 Å². The van der Waals surface area contributed by atoms with Crippen LogP contribution in [0.5, 0.6) is 0 Å². The van der Waals surface area contributed by atoms with E-state index in [0.717, 1.165) is 23.6 Å². The number of hydrogen-bond donors (Lipinski definition) is 2. The minimum Gasteiger partial charge on any atom is -0.352 e. The van der Waals surface area contributed by atoms with E-state index < -0.39 is 23.5 Å². The number of H-pyrrole nitrogens is 1. The van der Waals surface area contributed by atoms with Crippen LogP contribution in [0.4, 0.5) is 23.5 Å². The lowest BCUT2D eigenvalue weighted by atomic mass is 9.92. The van der Waals surface area contributed by atoms with Crippen molar-refractivity contribution in [2.45, 2.75) is 56.7 Å². The number of nitrogens with zero attached hydrogens (tertiary/aromatic N) is 5. The van der Waals surface area contributed by atoms with Crippen molar-refractivity contribution in [3.8, 4) is 11.1 Å². The van der Waals surface area contributed by atoms with Crippen LogP contribution in [0.15, 0.2) is 29.6 Å². The van der Waals surface area contributed by atoms with Gasteiger partial charge in [0, 0.05) is 36.8 Å². The van der Waals surface area contributed by atoms with Gasteiger partial charge in [-0.1, -0.05) is 0 Å². The number of halogens is 4. The van der Waals surface area contributed by atoms with Gasteiger partial charge in [0.1, 0.15) is 11.7 Å². The number of fused-ring (bicyclic) bond motifs is 2. The molecular formula is C22H21F4N7O. The van der Waals surface area contributed by atoms with Gasteiger partial charge in [-0.3, -0.25) is 14.2 Å². The number of nitrogens with one attached hydrogen (secondary N) is 2. The molecule has 4 aromatic heterocycles. The van der Waals surface area contributed by atoms with E-state index in [9.17, 15) is 18.0 Å². The van der Waals surface area contributed by atoms with Crippen molar-refractivity contribution in [3.63, 3.8) is 0 Å². The molecule has 2 fully saturated rings. The van der Waals surface area contributed by atoms with Crippen LogP contribution in [0.3, 0.4) is 0 Å². The summed E-state index contributed by atoms with van der Waals surface area (Å²) in [6.45, 7) is 0. The summed E-state index contributed by atoms with van der Waals surface area (Å²) < 4.78 is 59.2. The van der Waals surface area contributed by atoms with Gasteiger partial charge in [-0.2, -0.15) is 0 Å². The molecule has 0 aliphatic heterocycles. The topological polar surface area (TPSA) is 92.4 Å². The van der Waals surface area contributed by atoms with Gasteiger partial charge in [0.05, 0.1) is 23.7 Å². The number of alkyl halides is 3. The predicted octanol–water partition coefficient (Wildman–Crippen LogP) is 4.28. The molecular weight excluding hydrogens is 454 g/mol. The Kier molecular flexibility index (Phi) is 4.68. The number of rotatable bonds is 5. The number of aromatic nitrogens is 6. The Labute approximate surface area is 190 Å². The maximum atomic E-state index is 15.0. The van der Waals surface area contributed by atoms with Gasteiger partial charge in [0.25, 0.3) is 5.56 Å². The Morgan fingerprint density at radius 3 is 2.59 bits per heavy atom. The fourth-order valence-corrected chi connectivity index (χ4v) is 4.63. The van der Waals surface area contributed by atoms with Crippen molar-refractivity contribution >= 4 is 17.2 Å². The third-order valence-electron chi connectivity index (χ3n) is 6.65. The second kappa shape index (κ2) is 7.54. The second-order valence-electron chi connectivity index (χ2n) is 9.16. The lowest BCUT2D eigenvalue weighted by molar-refractivity contribution is -0.0361. The molecule has 34 heavy (non-hydrogen) atoms. The molecule has 0 saturated heterocycles. The molecule has 2 N–H and O–H groups in total. The number of hydrogen-bond acceptors (Lipinski definition) is 5. The minimum absolute atomic E-state index is 0.0199. The monoisotopic (exact) mass is 475 g/mol. The zero-order valence-electron chi connectivity index (χ0n) is 17.9. The molecule has 6 rings (SSSR count). The Balaban J connectivity index is 1.36. The fourth-order valence-electron chi connectivity index (χ4n) is 4.63. The van der Waals surface area contributed by atoms with Crippen LogP contribution in [0.1, 0.15) is 50.4 Å². The molecule has 8 nitrogen and oxygen atoms in total. The molecule has 4 heterocycles. The van der Waals surface area contributed by atoms with Crippen molar-refractivity contribution in [1.29, 1.82) is 0 Å². The Morgan fingerprint density at radius 2 is 1.85 bits per heavy atom. The average molecular weight is 475 g/mol. The zero-order valence-corrected chi connectivity index (χ0v) is 17.9. The first-order valence-corrected chi connectivity index (χ1v) is 11.2. The standard InChI is InChI=1S/C22H21F4N7O/c23-14-10-33-18(19(34)30-20(31-33)29-13-3-5-22(25,26)6-4-13)16(14)12-7-27-21-28-8-15(32(21)9-12)17(24)11-1-2-11/h7-11,13,17H,1-6H2,(H2,29,30,31,34). The SMILES string of the molecule is O=c1[nH]c(NC2CCC(F)(F)CC2)nn2cc(F)c(-c3cnc4ncc(C(F)C5CC5)n4c3)c12. The molecule has 0 radical (unpaired) electrons. The number of anilines is 1. The minimum atomic E-state index is -2.67. The van der Waals surface area contributed by atoms with E-state index in [1.807, 2.05) is 0 Å². The normalized spacial score (nSPS) is 19.6. The largest absolute Gasteiger partial charge is 0.352 e. The molecule has 0 bridgehead atoms. The third kappa shape index (κ3) is 3.61. The zero-order chi connectivity index (χ0) is 23.6. The summed E-state index contributed by atoms with van der Waals surface area (Å²) in [5, 5.41) is 7.19. The van der Waals surface area contributed by atoms with Gasteiger partial charge in [0.15, 0.2) is 5.82 Å². The van der Waals surface area contributed by atoms with Crippen LogP contribution in [0.25, 0.3) is 22.4 Å². The number of imidazole rings is 1. The molecule has 0 amide bonds. The van der Waals surface area contributed by atoms with Gasteiger partial charge in [-0.15, -0.1) is 5.10 Å². The average Bonchev–Trinajstić information content (AvgIpc) is 3.47. The maximum absolute atomic E-state index is 15.0. The lowest BCUT2D eigenvalue weighted by Crippen LogP contribution is -2.33. The van der Waals surface area contributed by atoms with Crippen molar-refractivity contribution in [2.75, 3.05) is 5.32 Å². The molecule has 1 unspecified atom stereocenters. The lowest BCUT2D eigenvalue weighted by Gasteiger charge is -2.28. The summed E-state index contributed by atoms with van der Waals surface area (Å²) in [5.41, 5.74) is -0.0528. The summed E-state index contributed by atoms with van der Waals surface area (Å²) in [6.07, 6.45) is 5.79. The number of aromatic amines is 1. The van der Waals surface area contributed by atoms with E-state index in [0.29, 0.717) is 5.69 Å². The summed E-state index contributed by atoms with van der Waals surface area (Å²) >= 11 is 0. The van der Waals surface area contributed by atoms with Gasteiger partial charge in [-0.05, 0) is 31.6 Å². The van der Waals surface area contributed by atoms with Crippen LogP contribution in [0.2, 0.25) is 0 Å². The smallest absolute Gasteiger partial charge is 0.277 e. The van der Waals surface area contributed by atoms with Crippen LogP contribution in [-0.2, 0) is 0 Å². The van der Waals surface area contributed by atoms with Gasteiger partial charge >= 0.3 is 0 Å². The molecule has 4 aromatic rings. The highest BCUT2D eigenvalue weighted by Gasteiger charge is 2.36. The summed E-state index contributed by atoms with van der Waals surface area (Å²) in [5.74, 6) is -3.07. The fraction of sp³-hybridized carbons (Fsp3) is 0.455. The quantitative estimate of drug-likeness (QED) is 0.421. The first kappa shape index (κ1) is 21.1. The molecule has 0 spiro atoms. The van der Waals surface area contributed by atoms with E-state index in [-0.39, 0.29) is 66.0 Å². The molecule has 2 aliphatic rings. The third-order valence-corrected chi connectivity index (χ3v) is 6.65. The molecule has 2 saturated carbocycles. The summed E-state index contributed by atoms with van der Waals surface area (Å²) in [7, 11) is 0. The van der Waals surface area contributed by atoms with E-state index in [4.69, 9.17) is 0 Å². The summed E-state index contributed by atoms with van der Waals surface area (Å²) in [4.78, 5) is 23.8. The molecule has 178 valence electrons. The highest BCUT2D eigenvalue weighted by Crippen LogP contribution is 2.43. The second-order valence-corrected chi connectivity index (χ2v) is 9.16. The molecule has 1 atom stereocenters. The highest BCUT2D eigenvalue weighted by molar-refractivity contribution is 5.80. The first-order chi connectivity index (χ1) is 16.3. The van der Waals surface area contributed by atoms with E-state index in [1.54, 1.807) is 0 Å². The van der Waals surface area contributed by atoms with Crippen molar-refractivity contribution in [1.82, 2.24) is 29.0 Å². The predicted molar refractivity (Wildman–Crippen MR) is 115 cm³/mol. The Hall–Kier alpha value is -3.44. The van der Waals surface area contributed by atoms with Crippen LogP contribution < -0.4 is 10.9 Å². The molecule has 0 aromatic carbocycles. The molecule has 2 aliphatic carbocycles. The van der Waals surface area contributed by atoms with E-state index in [2.05, 4.69) is 25.4 Å². The maximum Gasteiger partial charge on any atom is 0.277 e. The van der Waals surface area contributed by atoms with Gasteiger partial charge < -0.3 is 5.32 Å². The summed E-state index contributed by atoms with van der Waals surface area (Å²) in [6, 6.07) is -0.272. The van der Waals surface area contributed by atoms with Crippen molar-refractivity contribution in [2.24, 2.45) is 5.92 Å². The van der Waals surface area contributed by atoms with Crippen LogP contribution in [-0.4, -0.2) is 40.9 Å². The molecule has 12 heteroatoms.